The molecule has 118 valence electrons. The van der Waals surface area contributed by atoms with Crippen molar-refractivity contribution in [2.45, 2.75) is 19.1 Å². The van der Waals surface area contributed by atoms with Crippen LogP contribution in [-0.4, -0.2) is 22.7 Å². The highest BCUT2D eigenvalue weighted by molar-refractivity contribution is 7.15. The molecule has 3 rings (SSSR count). The van der Waals surface area contributed by atoms with Crippen LogP contribution >= 0.6 is 11.3 Å². The topological polar surface area (TPSA) is 45.1 Å². The summed E-state index contributed by atoms with van der Waals surface area (Å²) in [4.78, 5) is 5.64. The van der Waals surface area contributed by atoms with Crippen LogP contribution in [-0.2, 0) is 13.0 Å². The van der Waals surface area contributed by atoms with Gasteiger partial charge in [-0.15, -0.1) is 11.3 Å². The van der Waals surface area contributed by atoms with E-state index in [4.69, 9.17) is 0 Å². The van der Waals surface area contributed by atoms with Gasteiger partial charge in [-0.1, -0.05) is 60.7 Å². The van der Waals surface area contributed by atoms with Gasteiger partial charge in [-0.3, -0.25) is 0 Å². The van der Waals surface area contributed by atoms with Crippen molar-refractivity contribution in [3.63, 3.8) is 0 Å². The van der Waals surface area contributed by atoms with Gasteiger partial charge in [0.15, 0.2) is 0 Å². The molecular weight excluding hydrogens is 304 g/mol. The summed E-state index contributed by atoms with van der Waals surface area (Å²) in [6.07, 6.45) is 2.20. The molecule has 0 radical (unpaired) electrons. The Labute approximate surface area is 140 Å². The van der Waals surface area contributed by atoms with Gasteiger partial charge >= 0.3 is 0 Å². The maximum Gasteiger partial charge on any atom is 0.123 e. The Kier molecular flexibility index (Phi) is 5.53. The van der Waals surface area contributed by atoms with E-state index in [1.807, 2.05) is 54.7 Å². The third-order valence-electron chi connectivity index (χ3n) is 3.57. The Bertz CT molecular complexity index is 713. The van der Waals surface area contributed by atoms with Gasteiger partial charge in [0.2, 0.25) is 0 Å². The summed E-state index contributed by atoms with van der Waals surface area (Å²) in [5, 5.41) is 14.4. The van der Waals surface area contributed by atoms with Crippen LogP contribution in [0.5, 0.6) is 0 Å². The lowest BCUT2D eigenvalue weighted by molar-refractivity contribution is 0.171. The van der Waals surface area contributed by atoms with Crippen molar-refractivity contribution in [1.29, 1.82) is 0 Å². The van der Waals surface area contributed by atoms with Gasteiger partial charge in [0.1, 0.15) is 5.01 Å². The van der Waals surface area contributed by atoms with Crippen LogP contribution in [0.3, 0.4) is 0 Å². The van der Waals surface area contributed by atoms with Gasteiger partial charge < -0.3 is 10.4 Å². The van der Waals surface area contributed by atoms with Gasteiger partial charge in [0.05, 0.1) is 6.10 Å². The molecule has 1 atom stereocenters. The molecule has 0 fully saturated rings. The lowest BCUT2D eigenvalue weighted by Crippen LogP contribution is -2.27. The molecule has 23 heavy (non-hydrogen) atoms. The number of benzene rings is 2. The van der Waals surface area contributed by atoms with Crippen molar-refractivity contribution in [2.75, 3.05) is 6.54 Å². The number of thiazole rings is 1. The number of hydrogen-bond acceptors (Lipinski definition) is 4. The molecule has 0 aliphatic rings. The number of aliphatic hydroxyl groups excluding tert-OH is 1. The Morgan fingerprint density at radius 3 is 2.43 bits per heavy atom. The molecule has 0 aliphatic heterocycles. The monoisotopic (exact) mass is 324 g/mol. The average Bonchev–Trinajstić information content (AvgIpc) is 3.05. The van der Waals surface area contributed by atoms with E-state index in [-0.39, 0.29) is 6.10 Å². The highest BCUT2D eigenvalue weighted by Gasteiger charge is 2.07. The number of rotatable bonds is 7. The first-order chi connectivity index (χ1) is 11.3. The van der Waals surface area contributed by atoms with Crippen LogP contribution in [0.2, 0.25) is 0 Å². The van der Waals surface area contributed by atoms with Gasteiger partial charge in [-0.2, -0.15) is 0 Å². The maximum absolute atomic E-state index is 10.1. The van der Waals surface area contributed by atoms with Crippen molar-refractivity contribution in [1.82, 2.24) is 10.3 Å². The fourth-order valence-corrected chi connectivity index (χ4v) is 3.31. The first-order valence-electron chi connectivity index (χ1n) is 7.74. The average molecular weight is 324 g/mol. The number of nitrogens with one attached hydrogen (secondary N) is 1. The molecule has 3 aromatic rings. The third kappa shape index (κ3) is 4.73. The minimum atomic E-state index is -0.376. The Hall–Kier alpha value is -2.01. The number of aliphatic hydroxyl groups is 1. The summed E-state index contributed by atoms with van der Waals surface area (Å²) in [7, 11) is 0. The number of aromatic nitrogens is 1. The SMILES string of the molecule is OC(CNCc1cnc(-c2ccccc2)s1)Cc1ccccc1. The Balaban J connectivity index is 1.47. The van der Waals surface area contributed by atoms with E-state index in [1.54, 1.807) is 11.3 Å². The molecule has 1 aromatic heterocycles. The molecule has 0 bridgehead atoms. The molecule has 0 aliphatic carbocycles. The van der Waals surface area contributed by atoms with Crippen LogP contribution in [0.25, 0.3) is 10.6 Å². The first-order valence-corrected chi connectivity index (χ1v) is 8.56. The molecule has 0 amide bonds. The van der Waals surface area contributed by atoms with Crippen molar-refractivity contribution in [3.8, 4) is 10.6 Å². The highest BCUT2D eigenvalue weighted by Crippen LogP contribution is 2.24. The fourth-order valence-electron chi connectivity index (χ4n) is 2.42. The molecule has 0 saturated heterocycles. The predicted molar refractivity (Wildman–Crippen MR) is 95.4 cm³/mol. The molecular formula is C19H20N2OS. The van der Waals surface area contributed by atoms with E-state index in [9.17, 15) is 5.11 Å². The smallest absolute Gasteiger partial charge is 0.123 e. The third-order valence-corrected chi connectivity index (χ3v) is 4.61. The van der Waals surface area contributed by atoms with E-state index < -0.39 is 0 Å². The Morgan fingerprint density at radius 2 is 1.70 bits per heavy atom. The molecule has 1 heterocycles. The molecule has 2 aromatic carbocycles. The largest absolute Gasteiger partial charge is 0.391 e. The zero-order chi connectivity index (χ0) is 15.9. The standard InChI is InChI=1S/C19H20N2OS/c22-17(11-15-7-3-1-4-8-15)12-20-13-18-14-21-19(23-18)16-9-5-2-6-10-16/h1-10,14,17,20,22H,11-13H2. The maximum atomic E-state index is 10.1. The molecule has 4 heteroatoms. The van der Waals surface area contributed by atoms with E-state index in [1.165, 1.54) is 4.88 Å². The van der Waals surface area contributed by atoms with Crippen LogP contribution < -0.4 is 5.32 Å². The van der Waals surface area contributed by atoms with E-state index in [0.717, 1.165) is 22.7 Å². The summed E-state index contributed by atoms with van der Waals surface area (Å²) in [6, 6.07) is 20.3. The van der Waals surface area contributed by atoms with Gasteiger partial charge in [0, 0.05) is 29.7 Å². The lowest BCUT2D eigenvalue weighted by Gasteiger charge is -2.11. The van der Waals surface area contributed by atoms with E-state index >= 15 is 0 Å². The second kappa shape index (κ2) is 8.02. The summed E-state index contributed by atoms with van der Waals surface area (Å²) < 4.78 is 0. The Morgan fingerprint density at radius 1 is 1.00 bits per heavy atom. The van der Waals surface area contributed by atoms with Crippen molar-refractivity contribution in [2.24, 2.45) is 0 Å². The van der Waals surface area contributed by atoms with Gasteiger partial charge in [-0.25, -0.2) is 4.98 Å². The van der Waals surface area contributed by atoms with Crippen LogP contribution in [0.1, 0.15) is 10.4 Å². The normalized spacial score (nSPS) is 12.2. The zero-order valence-electron chi connectivity index (χ0n) is 12.9. The summed E-state index contributed by atoms with van der Waals surface area (Å²) in [5.41, 5.74) is 2.30. The van der Waals surface area contributed by atoms with Crippen molar-refractivity contribution >= 4 is 11.3 Å². The van der Waals surface area contributed by atoms with Crippen LogP contribution in [0.4, 0.5) is 0 Å². The van der Waals surface area contributed by atoms with E-state index in [0.29, 0.717) is 13.0 Å². The van der Waals surface area contributed by atoms with E-state index in [2.05, 4.69) is 22.4 Å². The van der Waals surface area contributed by atoms with Gasteiger partial charge in [-0.05, 0) is 12.0 Å². The molecule has 2 N–H and O–H groups in total. The van der Waals surface area contributed by atoms with Crippen molar-refractivity contribution in [3.05, 3.63) is 77.3 Å². The van der Waals surface area contributed by atoms with Crippen LogP contribution in [0, 0.1) is 0 Å². The van der Waals surface area contributed by atoms with Crippen molar-refractivity contribution < 1.29 is 5.11 Å². The molecule has 1 unspecified atom stereocenters. The lowest BCUT2D eigenvalue weighted by atomic mass is 10.1. The van der Waals surface area contributed by atoms with Crippen LogP contribution in [0.15, 0.2) is 66.9 Å². The fraction of sp³-hybridized carbons (Fsp3) is 0.211. The highest BCUT2D eigenvalue weighted by atomic mass is 32.1. The quantitative estimate of drug-likeness (QED) is 0.699. The molecule has 0 saturated carbocycles. The number of nitrogens with zero attached hydrogens (tertiary/aromatic N) is 1. The second-order valence-corrected chi connectivity index (χ2v) is 6.59. The summed E-state index contributed by atoms with van der Waals surface area (Å²) >= 11 is 1.69. The minimum absolute atomic E-state index is 0.376. The first kappa shape index (κ1) is 15.9. The summed E-state index contributed by atoms with van der Waals surface area (Å²) in [5.74, 6) is 0. The predicted octanol–water partition coefficient (Wildman–Crippen LogP) is 3.50. The minimum Gasteiger partial charge on any atom is -0.391 e. The molecule has 0 spiro atoms. The second-order valence-electron chi connectivity index (χ2n) is 5.47. The number of hydrogen-bond donors (Lipinski definition) is 2. The summed E-state index contributed by atoms with van der Waals surface area (Å²) in [6.45, 7) is 1.31. The van der Waals surface area contributed by atoms with Gasteiger partial charge in [0.25, 0.3) is 0 Å². The zero-order valence-corrected chi connectivity index (χ0v) is 13.7. The molecule has 3 nitrogen and oxygen atoms in total.